The van der Waals surface area contributed by atoms with Gasteiger partial charge in [0.05, 0.1) is 20.8 Å². The SMILES string of the molecule is COC(=O)C(=Cc1ccc(OCCC[Si](C)(O[Si](C)(C)C)O[Si](C)(C)C)cc1)C(=O)OC. The van der Waals surface area contributed by atoms with Gasteiger partial charge in [0.1, 0.15) is 11.3 Å². The Hall–Kier alpha value is -1.73. The van der Waals surface area contributed by atoms with E-state index in [-0.39, 0.29) is 5.57 Å². The Morgan fingerprint density at radius 3 is 1.69 bits per heavy atom. The summed E-state index contributed by atoms with van der Waals surface area (Å²) >= 11 is 0. The summed E-state index contributed by atoms with van der Waals surface area (Å²) in [6, 6.07) is 8.01. The molecule has 0 unspecified atom stereocenters. The van der Waals surface area contributed by atoms with E-state index < -0.39 is 37.1 Å². The van der Waals surface area contributed by atoms with Crippen LogP contribution in [0, 0.1) is 0 Å². The minimum atomic E-state index is -2.27. The molecule has 0 saturated carbocycles. The van der Waals surface area contributed by atoms with Gasteiger partial charge >= 0.3 is 20.5 Å². The Bertz CT molecular complexity index is 759. The first kappa shape index (κ1) is 28.3. The van der Waals surface area contributed by atoms with E-state index in [1.807, 2.05) is 0 Å². The summed E-state index contributed by atoms with van der Waals surface area (Å²) in [6.07, 6.45) is 2.27. The molecule has 1 aromatic carbocycles. The molecule has 1 aromatic rings. The van der Waals surface area contributed by atoms with Crippen LogP contribution in [0.1, 0.15) is 12.0 Å². The highest BCUT2D eigenvalue weighted by atomic mass is 28.5. The quantitative estimate of drug-likeness (QED) is 0.101. The second kappa shape index (κ2) is 11.9. The molecule has 32 heavy (non-hydrogen) atoms. The Morgan fingerprint density at radius 1 is 0.812 bits per heavy atom. The van der Waals surface area contributed by atoms with Gasteiger partial charge < -0.3 is 22.4 Å². The molecule has 0 aliphatic heterocycles. The molecule has 0 N–H and O–H groups in total. The van der Waals surface area contributed by atoms with Crippen LogP contribution in [0.5, 0.6) is 5.75 Å². The maximum absolute atomic E-state index is 11.8. The summed E-state index contributed by atoms with van der Waals surface area (Å²) in [5.41, 5.74) is 0.493. The van der Waals surface area contributed by atoms with E-state index in [1.165, 1.54) is 20.3 Å². The van der Waals surface area contributed by atoms with Crippen molar-refractivity contribution in [1.82, 2.24) is 0 Å². The molecule has 0 aliphatic rings. The molecule has 0 spiro atoms. The van der Waals surface area contributed by atoms with Crippen LogP contribution in [0.15, 0.2) is 29.8 Å². The van der Waals surface area contributed by atoms with Crippen LogP contribution in [-0.4, -0.2) is 58.0 Å². The lowest BCUT2D eigenvalue weighted by atomic mass is 10.1. The number of methoxy groups -OCH3 is 2. The number of carbonyl (C=O) groups excluding carboxylic acids is 2. The first-order valence-corrected chi connectivity index (χ1v) is 20.0. The average Bonchev–Trinajstić information content (AvgIpc) is 2.66. The smallest absolute Gasteiger partial charge is 0.345 e. The zero-order valence-corrected chi connectivity index (χ0v) is 23.9. The van der Waals surface area contributed by atoms with Crippen LogP contribution in [0.25, 0.3) is 6.08 Å². The van der Waals surface area contributed by atoms with Gasteiger partial charge in [-0.15, -0.1) is 0 Å². The molecular weight excluding hydrogens is 460 g/mol. The standard InChI is InChI=1S/C22H38O7Si3/c1-25-21(23)20(22(24)26-2)17-18-11-13-19(14-12-18)27-15-10-16-32(9,28-30(3,4)5)29-31(6,7)8/h11-14,17H,10,15-16H2,1-9H3. The van der Waals surface area contributed by atoms with Crippen LogP contribution in [-0.2, 0) is 27.3 Å². The van der Waals surface area contributed by atoms with Gasteiger partial charge in [0, 0.05) is 0 Å². The Balaban J connectivity index is 2.74. The van der Waals surface area contributed by atoms with Gasteiger partial charge in [-0.1, -0.05) is 12.1 Å². The number of hydrogen-bond acceptors (Lipinski definition) is 7. The highest BCUT2D eigenvalue weighted by Gasteiger charge is 2.39. The van der Waals surface area contributed by atoms with Crippen molar-refractivity contribution in [3.05, 3.63) is 35.4 Å². The lowest BCUT2D eigenvalue weighted by Gasteiger charge is -2.38. The van der Waals surface area contributed by atoms with Gasteiger partial charge in [-0.2, -0.15) is 0 Å². The zero-order chi connectivity index (χ0) is 24.6. The highest BCUT2D eigenvalue weighted by molar-refractivity contribution is 6.87. The first-order chi connectivity index (χ1) is 14.7. The van der Waals surface area contributed by atoms with Gasteiger partial charge in [-0.3, -0.25) is 0 Å². The van der Waals surface area contributed by atoms with E-state index in [2.05, 4.69) is 55.3 Å². The highest BCUT2D eigenvalue weighted by Crippen LogP contribution is 2.26. The first-order valence-electron chi connectivity index (χ1n) is 10.7. The second-order valence-corrected chi connectivity index (χ2v) is 22.5. The molecule has 0 bridgehead atoms. The number of esters is 2. The lowest BCUT2D eigenvalue weighted by Crippen LogP contribution is -2.52. The largest absolute Gasteiger partial charge is 0.494 e. The van der Waals surface area contributed by atoms with Gasteiger partial charge in [0.2, 0.25) is 0 Å². The Kier molecular flexibility index (Phi) is 10.6. The van der Waals surface area contributed by atoms with Crippen molar-refractivity contribution in [2.24, 2.45) is 0 Å². The van der Waals surface area contributed by atoms with Crippen molar-refractivity contribution in [3.63, 3.8) is 0 Å². The summed E-state index contributed by atoms with van der Waals surface area (Å²) in [6.45, 7) is 15.9. The molecule has 0 amide bonds. The van der Waals surface area contributed by atoms with Crippen LogP contribution >= 0.6 is 0 Å². The number of hydrogen-bond donors (Lipinski definition) is 0. The van der Waals surface area contributed by atoms with Crippen molar-refractivity contribution >= 4 is 43.2 Å². The predicted octanol–water partition coefficient (Wildman–Crippen LogP) is 4.96. The van der Waals surface area contributed by atoms with Crippen LogP contribution in [0.3, 0.4) is 0 Å². The summed E-state index contributed by atoms with van der Waals surface area (Å²) in [5.74, 6) is -0.781. The normalized spacial score (nSPS) is 12.2. The summed E-state index contributed by atoms with van der Waals surface area (Å²) in [5, 5.41) is 0. The Labute approximate surface area is 195 Å². The topological polar surface area (TPSA) is 80.3 Å². The number of ether oxygens (including phenoxy) is 3. The van der Waals surface area contributed by atoms with Crippen molar-refractivity contribution in [2.45, 2.75) is 58.3 Å². The van der Waals surface area contributed by atoms with Crippen molar-refractivity contribution in [3.8, 4) is 5.75 Å². The Morgan fingerprint density at radius 2 is 1.28 bits per heavy atom. The summed E-state index contributed by atoms with van der Waals surface area (Å²) in [7, 11) is -3.26. The second-order valence-electron chi connectivity index (χ2n) is 9.62. The minimum absolute atomic E-state index is 0.169. The fourth-order valence-electron chi connectivity index (χ4n) is 3.25. The molecule has 180 valence electrons. The minimum Gasteiger partial charge on any atom is -0.494 e. The summed E-state index contributed by atoms with van der Waals surface area (Å²) in [4.78, 5) is 23.6. The fraction of sp³-hybridized carbons (Fsp3) is 0.545. The molecule has 0 saturated heterocycles. The van der Waals surface area contributed by atoms with Crippen molar-refractivity contribution in [1.29, 1.82) is 0 Å². The monoisotopic (exact) mass is 498 g/mol. The molecule has 1 rings (SSSR count). The molecule has 7 nitrogen and oxygen atoms in total. The molecule has 0 heterocycles. The average molecular weight is 499 g/mol. The van der Waals surface area contributed by atoms with Crippen LogP contribution in [0.4, 0.5) is 0 Å². The zero-order valence-electron chi connectivity index (χ0n) is 20.9. The number of carbonyl (C=O) groups is 2. The molecule has 0 fully saturated rings. The van der Waals surface area contributed by atoms with Gasteiger partial charge in [0.15, 0.2) is 16.6 Å². The molecule has 0 aliphatic carbocycles. The van der Waals surface area contributed by atoms with Gasteiger partial charge in [-0.05, 0) is 82.1 Å². The van der Waals surface area contributed by atoms with E-state index in [1.54, 1.807) is 24.3 Å². The fourth-order valence-corrected chi connectivity index (χ4v) is 15.8. The van der Waals surface area contributed by atoms with Gasteiger partial charge in [0.25, 0.3) is 0 Å². The number of benzene rings is 1. The maximum atomic E-state index is 11.8. The van der Waals surface area contributed by atoms with Crippen LogP contribution < -0.4 is 4.74 Å². The third-order valence-corrected chi connectivity index (χ3v) is 13.7. The predicted molar refractivity (Wildman–Crippen MR) is 134 cm³/mol. The van der Waals surface area contributed by atoms with Crippen LogP contribution in [0.2, 0.25) is 51.9 Å². The van der Waals surface area contributed by atoms with E-state index in [0.717, 1.165) is 12.5 Å². The lowest BCUT2D eigenvalue weighted by molar-refractivity contribution is -0.143. The van der Waals surface area contributed by atoms with Gasteiger partial charge in [-0.25, -0.2) is 9.59 Å². The van der Waals surface area contributed by atoms with Crippen molar-refractivity contribution < 1.29 is 32.0 Å². The van der Waals surface area contributed by atoms with E-state index >= 15 is 0 Å². The maximum Gasteiger partial charge on any atom is 0.345 e. The third-order valence-electron chi connectivity index (χ3n) is 4.09. The molecule has 10 heteroatoms. The summed E-state index contributed by atoms with van der Waals surface area (Å²) < 4.78 is 28.2. The van der Waals surface area contributed by atoms with E-state index in [9.17, 15) is 9.59 Å². The third kappa shape index (κ3) is 10.7. The molecule has 0 aromatic heterocycles. The van der Waals surface area contributed by atoms with E-state index in [0.29, 0.717) is 17.9 Å². The van der Waals surface area contributed by atoms with Crippen molar-refractivity contribution in [2.75, 3.05) is 20.8 Å². The number of rotatable bonds is 12. The molecule has 0 radical (unpaired) electrons. The molecular formula is C22H38O7Si3. The molecule has 0 atom stereocenters. The van der Waals surface area contributed by atoms with E-state index in [4.69, 9.17) is 13.0 Å².